The van der Waals surface area contributed by atoms with Crippen LogP contribution in [0.1, 0.15) is 64.2 Å². The molecular weight excluding hydrogens is 523 g/mol. The Labute approximate surface area is 212 Å². The number of nitrogens with zero attached hydrogens (tertiary/aromatic N) is 1. The molecule has 0 heterocycles. The molecule has 4 aliphatic rings. The van der Waals surface area contributed by atoms with Gasteiger partial charge in [-0.1, -0.05) is 23.8 Å². The number of benzene rings is 2. The van der Waals surface area contributed by atoms with Crippen LogP contribution in [0.25, 0.3) is 11.1 Å². The monoisotopic (exact) mass is 559 g/mol. The first-order chi connectivity index (χ1) is 15.6. The summed E-state index contributed by atoms with van der Waals surface area (Å²) >= 11 is 2.22. The number of rotatable bonds is 4. The van der Waals surface area contributed by atoms with E-state index < -0.39 is 0 Å². The zero-order valence-corrected chi connectivity index (χ0v) is 22.8. The maximum absolute atomic E-state index is 4.49. The van der Waals surface area contributed by atoms with Crippen LogP contribution >= 0.6 is 18.1 Å². The molecule has 4 aliphatic carbocycles. The Morgan fingerprint density at radius 3 is 1.81 bits per heavy atom. The predicted octanol–water partition coefficient (Wildman–Crippen LogP) is 8.24. The summed E-state index contributed by atoms with van der Waals surface area (Å²) in [6.45, 7) is 0. The fourth-order valence-corrected chi connectivity index (χ4v) is 9.93. The zero-order valence-electron chi connectivity index (χ0n) is 19.5. The molecule has 2 aromatic carbocycles. The van der Waals surface area contributed by atoms with E-state index in [-0.39, 0.29) is 0 Å². The van der Waals surface area contributed by atoms with Crippen molar-refractivity contribution in [2.45, 2.75) is 74.5 Å². The number of halogens is 1. The number of fused-ring (bicyclic) bond motifs is 4. The zero-order chi connectivity index (χ0) is 22.6. The molecule has 0 spiro atoms. The van der Waals surface area contributed by atoms with Crippen LogP contribution in [0.5, 0.6) is 0 Å². The van der Waals surface area contributed by atoms with Gasteiger partial charge in [0.1, 0.15) is 0 Å². The second-order valence-electron chi connectivity index (χ2n) is 10.7. The van der Waals surface area contributed by atoms with Gasteiger partial charge in [0.05, 0.1) is 0 Å². The molecule has 2 aromatic rings. The maximum atomic E-state index is 4.49. The van der Waals surface area contributed by atoms with Gasteiger partial charge >= 0.3 is 27.7 Å². The Kier molecular flexibility index (Phi) is 8.44. The van der Waals surface area contributed by atoms with Gasteiger partial charge < -0.3 is 4.90 Å². The van der Waals surface area contributed by atoms with Gasteiger partial charge in [-0.2, -0.15) is 0 Å². The Balaban J connectivity index is 0.000000142. The van der Waals surface area contributed by atoms with Crippen molar-refractivity contribution in [3.8, 4) is 11.1 Å². The molecule has 0 N–H and O–H groups in total. The summed E-state index contributed by atoms with van der Waals surface area (Å²) in [4.78, 5) is 2.12. The summed E-state index contributed by atoms with van der Waals surface area (Å²) in [5.74, 6) is 2.32. The molecule has 0 radical (unpaired) electrons. The molecule has 4 heteroatoms. The molecule has 0 saturated heterocycles. The fourth-order valence-electron chi connectivity index (χ4n) is 6.95. The molecule has 4 bridgehead atoms. The SMILES string of the molecule is C1CC2(PC34CCC(CC3)C4)CCC1C2.CN(C)c1ccccc1-c1[c-]cccc1.[Cl][Pd+]. The van der Waals surface area contributed by atoms with Crippen LogP contribution in [0.4, 0.5) is 5.69 Å². The van der Waals surface area contributed by atoms with E-state index in [9.17, 15) is 0 Å². The van der Waals surface area contributed by atoms with Gasteiger partial charge in [-0.05, 0) is 92.4 Å². The molecule has 4 saturated carbocycles. The van der Waals surface area contributed by atoms with E-state index in [1.807, 2.05) is 18.2 Å². The summed E-state index contributed by atoms with van der Waals surface area (Å²) in [5, 5.41) is 1.79. The van der Waals surface area contributed by atoms with Crippen molar-refractivity contribution in [1.82, 2.24) is 0 Å². The van der Waals surface area contributed by atoms with Crippen LogP contribution in [0.3, 0.4) is 0 Å². The average molecular weight is 560 g/mol. The Bertz CT molecular complexity index is 827. The summed E-state index contributed by atoms with van der Waals surface area (Å²) < 4.78 is 0. The minimum absolute atomic E-state index is 0.893. The van der Waals surface area contributed by atoms with Gasteiger partial charge in [-0.25, -0.2) is 0 Å². The van der Waals surface area contributed by atoms with Crippen molar-refractivity contribution in [2.24, 2.45) is 11.8 Å². The predicted molar refractivity (Wildman–Crippen MR) is 138 cm³/mol. The van der Waals surface area contributed by atoms with Crippen LogP contribution in [0.15, 0.2) is 48.5 Å². The standard InChI is InChI=1S/C14H14N.C14H23P.ClH.Pd/c1-15(2)14-11-7-6-10-13(14)12-8-4-3-5-9-12;1-5-13(6-2-11(1)9-13)15-14-7-3-12(10-14)4-8-14;;/h3-8,10-11H,1-2H3;11-12,15H,1-10H2;1H;/q-1;;;+2/p-1. The van der Waals surface area contributed by atoms with E-state index in [1.165, 1.54) is 19.8 Å². The minimum atomic E-state index is 0.893. The Hall–Kier alpha value is -0.378. The number of para-hydroxylation sites is 1. The Morgan fingerprint density at radius 1 is 0.844 bits per heavy atom. The normalized spacial score (nSPS) is 31.9. The van der Waals surface area contributed by atoms with Crippen LogP contribution in [0, 0.1) is 17.9 Å². The molecule has 6 rings (SSSR count). The summed E-state index contributed by atoms with van der Waals surface area (Å²) in [5.41, 5.74) is 3.59. The molecule has 0 aromatic heterocycles. The molecule has 0 amide bonds. The summed E-state index contributed by atoms with van der Waals surface area (Å²) in [6, 6.07) is 19.7. The molecular formula is C28H37ClNPPd. The average Bonchev–Trinajstić information content (AvgIpc) is 3.62. The first-order valence-corrected chi connectivity index (χ1v) is 15.2. The fraction of sp³-hybridized carbons (Fsp3) is 0.571. The van der Waals surface area contributed by atoms with E-state index in [1.54, 1.807) is 64.2 Å². The third-order valence-electron chi connectivity index (χ3n) is 8.40. The summed E-state index contributed by atoms with van der Waals surface area (Å²) in [7, 11) is 9.97. The van der Waals surface area contributed by atoms with Crippen molar-refractivity contribution in [3.63, 3.8) is 0 Å². The van der Waals surface area contributed by atoms with Gasteiger partial charge in [-0.15, -0.1) is 44.5 Å². The van der Waals surface area contributed by atoms with E-state index in [2.05, 4.69) is 83.1 Å². The van der Waals surface area contributed by atoms with Gasteiger partial charge in [0.2, 0.25) is 0 Å². The second kappa shape index (κ2) is 10.9. The molecule has 0 unspecified atom stereocenters. The van der Waals surface area contributed by atoms with E-state index in [0.717, 1.165) is 27.7 Å². The molecule has 4 fully saturated rings. The first-order valence-electron chi connectivity index (χ1n) is 12.2. The van der Waals surface area contributed by atoms with Gasteiger partial charge in [0.25, 0.3) is 0 Å². The van der Waals surface area contributed by atoms with Crippen LogP contribution in [0.2, 0.25) is 0 Å². The number of hydrogen-bond donors (Lipinski definition) is 0. The quantitative estimate of drug-likeness (QED) is 0.207. The number of hydrogen-bond acceptors (Lipinski definition) is 1. The van der Waals surface area contributed by atoms with Crippen LogP contribution < -0.4 is 4.90 Å². The molecule has 0 aliphatic heterocycles. The second-order valence-corrected chi connectivity index (χ2v) is 13.0. The van der Waals surface area contributed by atoms with E-state index >= 15 is 0 Å². The summed E-state index contributed by atoms with van der Waals surface area (Å²) in [6.07, 6.45) is 16.1. The number of anilines is 1. The Morgan fingerprint density at radius 2 is 1.38 bits per heavy atom. The molecule has 1 nitrogen and oxygen atoms in total. The molecule has 0 atom stereocenters. The molecule has 32 heavy (non-hydrogen) atoms. The van der Waals surface area contributed by atoms with E-state index in [0.29, 0.717) is 0 Å². The van der Waals surface area contributed by atoms with Crippen molar-refractivity contribution < 1.29 is 18.2 Å². The third kappa shape index (κ3) is 5.47. The van der Waals surface area contributed by atoms with Crippen molar-refractivity contribution in [2.75, 3.05) is 19.0 Å². The van der Waals surface area contributed by atoms with Crippen molar-refractivity contribution in [1.29, 1.82) is 0 Å². The van der Waals surface area contributed by atoms with Gasteiger partial charge in [0, 0.05) is 19.8 Å². The molecule has 176 valence electrons. The van der Waals surface area contributed by atoms with Crippen molar-refractivity contribution in [3.05, 3.63) is 54.6 Å². The van der Waals surface area contributed by atoms with Crippen LogP contribution in [-0.2, 0) is 18.2 Å². The topological polar surface area (TPSA) is 3.24 Å². The van der Waals surface area contributed by atoms with Crippen LogP contribution in [-0.4, -0.2) is 24.4 Å². The first kappa shape index (κ1) is 24.7. The van der Waals surface area contributed by atoms with Gasteiger partial charge in [-0.3, -0.25) is 0 Å². The van der Waals surface area contributed by atoms with E-state index in [4.69, 9.17) is 0 Å². The van der Waals surface area contributed by atoms with Crippen molar-refractivity contribution >= 4 is 23.8 Å². The third-order valence-corrected chi connectivity index (χ3v) is 10.9. The van der Waals surface area contributed by atoms with Gasteiger partial charge in [0.15, 0.2) is 0 Å².